The standard InChI is InChI=1S/C19H23N3O4S/c1-2-3-7-12-27(24,25)22-10-11-26-19-17(22)13-16(14-20-19)21-18(23)15-8-5-4-6-9-15/h4-6,8-9,13-14H,2-3,7,10-12H2,1H3,(H,21,23). The Hall–Kier alpha value is -2.61. The van der Waals surface area contributed by atoms with Crippen molar-refractivity contribution in [3.63, 3.8) is 0 Å². The van der Waals surface area contributed by atoms with Gasteiger partial charge in [-0.05, 0) is 24.6 Å². The number of hydrogen-bond acceptors (Lipinski definition) is 5. The van der Waals surface area contributed by atoms with Crippen LogP contribution in [-0.4, -0.2) is 38.2 Å². The molecule has 0 aliphatic carbocycles. The molecule has 7 nitrogen and oxygen atoms in total. The summed E-state index contributed by atoms with van der Waals surface area (Å²) in [4.78, 5) is 16.5. The monoisotopic (exact) mass is 389 g/mol. The summed E-state index contributed by atoms with van der Waals surface area (Å²) in [6.45, 7) is 2.52. The molecule has 0 unspecified atom stereocenters. The van der Waals surface area contributed by atoms with Crippen LogP contribution >= 0.6 is 0 Å². The number of benzene rings is 1. The Morgan fingerprint density at radius 3 is 2.78 bits per heavy atom. The number of amides is 1. The maximum absolute atomic E-state index is 12.7. The van der Waals surface area contributed by atoms with Crippen molar-refractivity contribution in [2.75, 3.05) is 28.5 Å². The van der Waals surface area contributed by atoms with Crippen LogP contribution in [-0.2, 0) is 10.0 Å². The molecule has 2 heterocycles. The Morgan fingerprint density at radius 2 is 2.04 bits per heavy atom. The van der Waals surface area contributed by atoms with Crippen molar-refractivity contribution in [2.45, 2.75) is 26.2 Å². The van der Waals surface area contributed by atoms with Crippen molar-refractivity contribution in [3.8, 4) is 5.88 Å². The van der Waals surface area contributed by atoms with Gasteiger partial charge in [-0.15, -0.1) is 0 Å². The molecule has 0 saturated heterocycles. The minimum atomic E-state index is -3.47. The molecule has 1 aliphatic heterocycles. The molecule has 1 aromatic heterocycles. The molecule has 0 fully saturated rings. The number of nitrogens with zero attached hydrogens (tertiary/aromatic N) is 2. The highest BCUT2D eigenvalue weighted by atomic mass is 32.2. The van der Waals surface area contributed by atoms with Gasteiger partial charge in [0.15, 0.2) is 0 Å². The van der Waals surface area contributed by atoms with E-state index < -0.39 is 10.0 Å². The number of aromatic nitrogens is 1. The maximum Gasteiger partial charge on any atom is 0.255 e. The van der Waals surface area contributed by atoms with E-state index in [2.05, 4.69) is 10.3 Å². The van der Waals surface area contributed by atoms with E-state index >= 15 is 0 Å². The first-order valence-electron chi connectivity index (χ1n) is 9.01. The summed E-state index contributed by atoms with van der Waals surface area (Å²) in [5, 5.41) is 2.75. The number of carbonyl (C=O) groups excluding carboxylic acids is 1. The minimum Gasteiger partial charge on any atom is -0.474 e. The van der Waals surface area contributed by atoms with Crippen LogP contribution in [0.15, 0.2) is 42.6 Å². The van der Waals surface area contributed by atoms with Gasteiger partial charge in [0.25, 0.3) is 5.91 Å². The van der Waals surface area contributed by atoms with Crippen LogP contribution < -0.4 is 14.4 Å². The van der Waals surface area contributed by atoms with Gasteiger partial charge < -0.3 is 10.1 Å². The smallest absolute Gasteiger partial charge is 0.255 e. The second-order valence-corrected chi connectivity index (χ2v) is 8.32. The summed E-state index contributed by atoms with van der Waals surface area (Å²) in [6, 6.07) is 10.4. The number of carbonyl (C=O) groups is 1. The molecule has 0 saturated carbocycles. The minimum absolute atomic E-state index is 0.0842. The van der Waals surface area contributed by atoms with E-state index in [1.165, 1.54) is 10.5 Å². The Morgan fingerprint density at radius 1 is 1.26 bits per heavy atom. The lowest BCUT2D eigenvalue weighted by atomic mass is 10.2. The van der Waals surface area contributed by atoms with Crippen molar-refractivity contribution < 1.29 is 17.9 Å². The zero-order chi connectivity index (χ0) is 19.3. The number of pyridine rings is 1. The van der Waals surface area contributed by atoms with Crippen LogP contribution in [0.5, 0.6) is 5.88 Å². The molecule has 1 aromatic carbocycles. The molecule has 0 bridgehead atoms. The highest BCUT2D eigenvalue weighted by molar-refractivity contribution is 7.92. The average Bonchev–Trinajstić information content (AvgIpc) is 2.68. The first kappa shape index (κ1) is 19.2. The van der Waals surface area contributed by atoms with E-state index in [0.717, 1.165) is 12.8 Å². The predicted molar refractivity (Wildman–Crippen MR) is 105 cm³/mol. The molecule has 1 amide bonds. The fraction of sp³-hybridized carbons (Fsp3) is 0.368. The third kappa shape index (κ3) is 4.57. The van der Waals surface area contributed by atoms with Crippen LogP contribution in [0, 0.1) is 0 Å². The number of hydrogen-bond donors (Lipinski definition) is 1. The van der Waals surface area contributed by atoms with E-state index in [9.17, 15) is 13.2 Å². The number of ether oxygens (including phenoxy) is 1. The molecule has 0 spiro atoms. The molecular formula is C19H23N3O4S. The summed E-state index contributed by atoms with van der Waals surface area (Å²) in [5.41, 5.74) is 1.29. The van der Waals surface area contributed by atoms with Crippen LogP contribution in [0.4, 0.5) is 11.4 Å². The summed E-state index contributed by atoms with van der Waals surface area (Å²) in [7, 11) is -3.47. The number of rotatable bonds is 7. The third-order valence-corrected chi connectivity index (χ3v) is 6.12. The molecule has 3 rings (SSSR count). The van der Waals surface area contributed by atoms with Crippen molar-refractivity contribution in [1.82, 2.24) is 4.98 Å². The van der Waals surface area contributed by atoms with Gasteiger partial charge in [-0.3, -0.25) is 9.10 Å². The summed E-state index contributed by atoms with van der Waals surface area (Å²) < 4.78 is 32.3. The van der Waals surface area contributed by atoms with Gasteiger partial charge in [-0.25, -0.2) is 13.4 Å². The number of unbranched alkanes of at least 4 members (excludes halogenated alkanes) is 2. The zero-order valence-corrected chi connectivity index (χ0v) is 16.0. The van der Waals surface area contributed by atoms with Crippen LogP contribution in [0.2, 0.25) is 0 Å². The fourth-order valence-corrected chi connectivity index (χ4v) is 4.44. The average molecular weight is 389 g/mol. The lowest BCUT2D eigenvalue weighted by Gasteiger charge is -2.30. The Labute approximate surface area is 159 Å². The summed E-state index contributed by atoms with van der Waals surface area (Å²) in [6.07, 6.45) is 3.89. The Balaban J connectivity index is 1.82. The van der Waals surface area contributed by atoms with Gasteiger partial charge in [0.1, 0.15) is 12.3 Å². The van der Waals surface area contributed by atoms with Gasteiger partial charge in [0.2, 0.25) is 15.9 Å². The van der Waals surface area contributed by atoms with Gasteiger partial charge in [0.05, 0.1) is 24.2 Å². The second-order valence-electron chi connectivity index (χ2n) is 6.31. The molecule has 144 valence electrons. The van der Waals surface area contributed by atoms with Crippen molar-refractivity contribution in [2.24, 2.45) is 0 Å². The van der Waals surface area contributed by atoms with Crippen molar-refractivity contribution >= 4 is 27.3 Å². The number of anilines is 2. The number of sulfonamides is 1. The molecule has 2 aromatic rings. The van der Waals surface area contributed by atoms with E-state index in [0.29, 0.717) is 23.4 Å². The topological polar surface area (TPSA) is 88.6 Å². The fourth-order valence-electron chi connectivity index (χ4n) is 2.87. The number of nitrogens with one attached hydrogen (secondary N) is 1. The summed E-state index contributed by atoms with van der Waals surface area (Å²) in [5.74, 6) is 0.0606. The first-order chi connectivity index (χ1) is 13.0. The van der Waals surface area contributed by atoms with Gasteiger partial charge in [0, 0.05) is 5.56 Å². The van der Waals surface area contributed by atoms with Crippen LogP contribution in [0.1, 0.15) is 36.5 Å². The molecule has 1 N–H and O–H groups in total. The van der Waals surface area contributed by atoms with Gasteiger partial charge in [-0.2, -0.15) is 0 Å². The van der Waals surface area contributed by atoms with Gasteiger partial charge in [-0.1, -0.05) is 38.0 Å². The SMILES string of the molecule is CCCCCS(=O)(=O)N1CCOc2ncc(NC(=O)c3ccccc3)cc21. The van der Waals surface area contributed by atoms with E-state index in [1.807, 2.05) is 13.0 Å². The van der Waals surface area contributed by atoms with Crippen molar-refractivity contribution in [1.29, 1.82) is 0 Å². The highest BCUT2D eigenvalue weighted by Crippen LogP contribution is 2.34. The summed E-state index contributed by atoms with van der Waals surface area (Å²) >= 11 is 0. The molecule has 0 radical (unpaired) electrons. The lowest BCUT2D eigenvalue weighted by Crippen LogP contribution is -2.39. The molecule has 1 aliphatic rings. The van der Waals surface area contributed by atoms with Crippen LogP contribution in [0.25, 0.3) is 0 Å². The van der Waals surface area contributed by atoms with Gasteiger partial charge >= 0.3 is 0 Å². The molecular weight excluding hydrogens is 366 g/mol. The molecule has 27 heavy (non-hydrogen) atoms. The quantitative estimate of drug-likeness (QED) is 0.735. The van der Waals surface area contributed by atoms with Crippen LogP contribution in [0.3, 0.4) is 0 Å². The normalized spacial score (nSPS) is 13.6. The van der Waals surface area contributed by atoms with Crippen molar-refractivity contribution in [3.05, 3.63) is 48.2 Å². The maximum atomic E-state index is 12.7. The van der Waals surface area contributed by atoms with E-state index in [-0.39, 0.29) is 30.7 Å². The molecule has 8 heteroatoms. The zero-order valence-electron chi connectivity index (χ0n) is 15.2. The highest BCUT2D eigenvalue weighted by Gasteiger charge is 2.29. The first-order valence-corrected chi connectivity index (χ1v) is 10.6. The van der Waals surface area contributed by atoms with E-state index in [1.54, 1.807) is 30.3 Å². The predicted octanol–water partition coefficient (Wildman–Crippen LogP) is 3.05. The Bertz CT molecular complexity index is 900. The molecule has 0 atom stereocenters. The van der Waals surface area contributed by atoms with E-state index in [4.69, 9.17) is 4.74 Å². The third-order valence-electron chi connectivity index (χ3n) is 4.27. The second kappa shape index (κ2) is 8.39. The number of fused-ring (bicyclic) bond motifs is 1. The lowest BCUT2D eigenvalue weighted by molar-refractivity contribution is 0.102. The largest absolute Gasteiger partial charge is 0.474 e. The Kier molecular flexibility index (Phi) is 5.95.